The summed E-state index contributed by atoms with van der Waals surface area (Å²) in [4.78, 5) is 8.37. The van der Waals surface area contributed by atoms with E-state index in [9.17, 15) is 5.11 Å². The Labute approximate surface area is 116 Å². The van der Waals surface area contributed by atoms with Gasteiger partial charge in [-0.25, -0.2) is 9.97 Å². The van der Waals surface area contributed by atoms with Crippen LogP contribution in [0.25, 0.3) is 5.52 Å². The molecular formula is C11H11BrClN3O. The highest BCUT2D eigenvalue weighted by Crippen LogP contribution is 2.44. The topological polar surface area (TPSA) is 50.4 Å². The number of fused-ring (bicyclic) bond motifs is 1. The van der Waals surface area contributed by atoms with Crippen molar-refractivity contribution in [2.45, 2.75) is 31.2 Å². The quantitative estimate of drug-likeness (QED) is 0.879. The van der Waals surface area contributed by atoms with Gasteiger partial charge < -0.3 is 5.11 Å². The summed E-state index contributed by atoms with van der Waals surface area (Å²) in [6.07, 6.45) is 3.60. The van der Waals surface area contributed by atoms with Crippen LogP contribution in [0, 0.1) is 0 Å². The minimum Gasteiger partial charge on any atom is -0.390 e. The Morgan fingerprint density at radius 2 is 2.47 bits per heavy atom. The van der Waals surface area contributed by atoms with Crippen LogP contribution < -0.4 is 0 Å². The molecule has 0 atom stereocenters. The monoisotopic (exact) mass is 318 g/mol. The SMILES string of the molecule is [2H]C([2H])([2H])[C@]1(O)C[C@H](c2nc(Br)c3c(Cl)nccn32)C1. The number of nitrogens with zero attached hydrogens (tertiary/aromatic N) is 3. The lowest BCUT2D eigenvalue weighted by molar-refractivity contribution is -0.0335. The molecule has 0 saturated heterocycles. The van der Waals surface area contributed by atoms with Gasteiger partial charge in [0.2, 0.25) is 0 Å². The number of aliphatic hydroxyl groups is 1. The van der Waals surface area contributed by atoms with Gasteiger partial charge in [0, 0.05) is 22.4 Å². The van der Waals surface area contributed by atoms with Crippen LogP contribution in [0.4, 0.5) is 0 Å². The largest absolute Gasteiger partial charge is 0.390 e. The Morgan fingerprint density at radius 1 is 1.71 bits per heavy atom. The summed E-state index contributed by atoms with van der Waals surface area (Å²) in [7, 11) is 0. The average molecular weight is 320 g/mol. The number of rotatable bonds is 1. The van der Waals surface area contributed by atoms with Crippen molar-refractivity contribution < 1.29 is 9.22 Å². The van der Waals surface area contributed by atoms with Crippen LogP contribution in [0.3, 0.4) is 0 Å². The maximum atomic E-state index is 10.1. The van der Waals surface area contributed by atoms with Gasteiger partial charge >= 0.3 is 0 Å². The predicted molar refractivity (Wildman–Crippen MR) is 68.3 cm³/mol. The number of imidazole rings is 1. The molecule has 2 aromatic heterocycles. The van der Waals surface area contributed by atoms with Crippen molar-refractivity contribution in [2.24, 2.45) is 0 Å². The summed E-state index contributed by atoms with van der Waals surface area (Å²) in [6.45, 7) is -2.37. The van der Waals surface area contributed by atoms with E-state index in [1.54, 1.807) is 16.8 Å². The fourth-order valence-corrected chi connectivity index (χ4v) is 3.12. The van der Waals surface area contributed by atoms with Gasteiger partial charge in [-0.05, 0) is 35.6 Å². The third-order valence-electron chi connectivity index (χ3n) is 3.03. The molecule has 0 unspecified atom stereocenters. The van der Waals surface area contributed by atoms with Gasteiger partial charge in [0.1, 0.15) is 15.9 Å². The molecule has 4 nitrogen and oxygen atoms in total. The van der Waals surface area contributed by atoms with E-state index in [-0.39, 0.29) is 18.8 Å². The first-order valence-corrected chi connectivity index (χ1v) is 6.30. The zero-order chi connectivity index (χ0) is 14.7. The van der Waals surface area contributed by atoms with Crippen molar-refractivity contribution in [3.05, 3.63) is 28.0 Å². The van der Waals surface area contributed by atoms with E-state index < -0.39 is 12.5 Å². The highest BCUT2D eigenvalue weighted by atomic mass is 79.9. The molecule has 0 bridgehead atoms. The van der Waals surface area contributed by atoms with Crippen molar-refractivity contribution in [3.63, 3.8) is 0 Å². The van der Waals surface area contributed by atoms with Gasteiger partial charge in [-0.2, -0.15) is 0 Å². The molecule has 1 fully saturated rings. The maximum Gasteiger partial charge on any atom is 0.155 e. The van der Waals surface area contributed by atoms with E-state index >= 15 is 0 Å². The van der Waals surface area contributed by atoms with Gasteiger partial charge in [0.25, 0.3) is 0 Å². The molecule has 90 valence electrons. The fourth-order valence-electron chi connectivity index (χ4n) is 2.21. The first-order valence-electron chi connectivity index (χ1n) is 6.63. The van der Waals surface area contributed by atoms with Crippen molar-refractivity contribution in [1.82, 2.24) is 14.4 Å². The second-order valence-corrected chi connectivity index (χ2v) is 5.44. The van der Waals surface area contributed by atoms with Crippen molar-refractivity contribution in [1.29, 1.82) is 0 Å². The molecule has 6 heteroatoms. The molecule has 0 aromatic carbocycles. The number of halogens is 2. The van der Waals surface area contributed by atoms with E-state index in [2.05, 4.69) is 25.9 Å². The standard InChI is InChI=1S/C11H11BrClN3O/c1-11(17)4-6(5-11)10-15-8(12)7-9(13)14-2-3-16(7)10/h2-3,6,17H,4-5H2,1H3/t6-,11-/i1D3. The Bertz CT molecular complexity index is 681. The van der Waals surface area contributed by atoms with Gasteiger partial charge in [-0.1, -0.05) is 11.6 Å². The summed E-state index contributed by atoms with van der Waals surface area (Å²) in [5, 5.41) is 10.4. The van der Waals surface area contributed by atoms with Crippen molar-refractivity contribution in [3.8, 4) is 0 Å². The molecule has 1 aliphatic carbocycles. The maximum absolute atomic E-state index is 10.1. The molecule has 0 spiro atoms. The Kier molecular flexibility index (Phi) is 1.82. The molecule has 1 saturated carbocycles. The normalized spacial score (nSPS) is 31.7. The number of hydrogen-bond donors (Lipinski definition) is 1. The third kappa shape index (κ3) is 1.77. The molecule has 1 N–H and O–H groups in total. The highest BCUT2D eigenvalue weighted by molar-refractivity contribution is 9.10. The van der Waals surface area contributed by atoms with Crippen LogP contribution in [0.5, 0.6) is 0 Å². The first-order chi connectivity index (χ1) is 9.23. The van der Waals surface area contributed by atoms with E-state index in [4.69, 9.17) is 15.7 Å². The number of hydrogen-bond acceptors (Lipinski definition) is 3. The second-order valence-electron chi connectivity index (χ2n) is 4.33. The zero-order valence-corrected chi connectivity index (χ0v) is 11.0. The molecule has 3 rings (SSSR count). The van der Waals surface area contributed by atoms with Crippen LogP contribution in [0.1, 0.15) is 35.5 Å². The lowest BCUT2D eigenvalue weighted by atomic mass is 9.72. The van der Waals surface area contributed by atoms with Gasteiger partial charge in [0.15, 0.2) is 5.15 Å². The van der Waals surface area contributed by atoms with E-state index in [0.717, 1.165) is 0 Å². The fraction of sp³-hybridized carbons (Fsp3) is 0.455. The summed E-state index contributed by atoms with van der Waals surface area (Å²) in [5.74, 6) is 0.572. The van der Waals surface area contributed by atoms with Crippen molar-refractivity contribution >= 4 is 33.0 Å². The summed E-state index contributed by atoms with van der Waals surface area (Å²) < 4.78 is 24.4. The van der Waals surface area contributed by atoms with Crippen LogP contribution in [0.2, 0.25) is 5.15 Å². The van der Waals surface area contributed by atoms with Crippen LogP contribution in [-0.4, -0.2) is 25.1 Å². The van der Waals surface area contributed by atoms with E-state index in [1.165, 1.54) is 0 Å². The molecule has 0 aliphatic heterocycles. The molecule has 17 heavy (non-hydrogen) atoms. The Morgan fingerprint density at radius 3 is 3.18 bits per heavy atom. The average Bonchev–Trinajstić information content (AvgIpc) is 2.62. The molecule has 1 aliphatic rings. The Balaban J connectivity index is 1.97. The third-order valence-corrected chi connectivity index (χ3v) is 3.86. The van der Waals surface area contributed by atoms with Crippen molar-refractivity contribution in [2.75, 3.05) is 0 Å². The summed E-state index contributed by atoms with van der Waals surface area (Å²) in [6, 6.07) is 0. The van der Waals surface area contributed by atoms with E-state index in [0.29, 0.717) is 21.1 Å². The molecule has 0 radical (unpaired) electrons. The molecule has 2 heterocycles. The van der Waals surface area contributed by atoms with Crippen LogP contribution in [-0.2, 0) is 0 Å². The first kappa shape index (κ1) is 8.45. The van der Waals surface area contributed by atoms with Gasteiger partial charge in [-0.3, -0.25) is 4.40 Å². The highest BCUT2D eigenvalue weighted by Gasteiger charge is 2.41. The lowest BCUT2D eigenvalue weighted by Crippen LogP contribution is -2.40. The zero-order valence-electron chi connectivity index (χ0n) is 11.7. The summed E-state index contributed by atoms with van der Waals surface area (Å²) >= 11 is 9.36. The van der Waals surface area contributed by atoms with Gasteiger partial charge in [-0.15, -0.1) is 0 Å². The summed E-state index contributed by atoms with van der Waals surface area (Å²) in [5.41, 5.74) is -0.972. The molecular weight excluding hydrogens is 305 g/mol. The Hall–Kier alpha value is -0.650. The molecule has 0 amide bonds. The lowest BCUT2D eigenvalue weighted by Gasteiger charge is -2.40. The predicted octanol–water partition coefficient (Wildman–Crippen LogP) is 2.77. The van der Waals surface area contributed by atoms with Gasteiger partial charge in [0.05, 0.1) is 5.60 Å². The smallest absolute Gasteiger partial charge is 0.155 e. The minimum atomic E-state index is -2.37. The molecule has 2 aromatic rings. The minimum absolute atomic E-state index is 0.113. The van der Waals surface area contributed by atoms with Crippen LogP contribution in [0.15, 0.2) is 17.0 Å². The second kappa shape index (κ2) is 3.67. The number of aromatic nitrogens is 3. The van der Waals surface area contributed by atoms with Crippen LogP contribution >= 0.6 is 27.5 Å². The van der Waals surface area contributed by atoms with E-state index in [1.807, 2.05) is 0 Å².